The first-order valence-electron chi connectivity index (χ1n) is 5.33. The minimum atomic E-state index is -0.699. The van der Waals surface area contributed by atoms with E-state index in [0.717, 1.165) is 6.42 Å². The maximum atomic E-state index is 11.8. The number of esters is 1. The van der Waals surface area contributed by atoms with Gasteiger partial charge in [-0.25, -0.2) is 0 Å². The van der Waals surface area contributed by atoms with Gasteiger partial charge in [-0.2, -0.15) is 0 Å². The van der Waals surface area contributed by atoms with Crippen molar-refractivity contribution < 1.29 is 14.3 Å². The van der Waals surface area contributed by atoms with Crippen molar-refractivity contribution >= 4 is 11.8 Å². The summed E-state index contributed by atoms with van der Waals surface area (Å²) < 4.78 is 5.34. The molecular formula is C12H22O3. The van der Waals surface area contributed by atoms with Crippen molar-refractivity contribution in [1.82, 2.24) is 0 Å². The molecule has 0 heterocycles. The fraction of sp³-hybridized carbons (Fsp3) is 0.833. The van der Waals surface area contributed by atoms with E-state index in [4.69, 9.17) is 4.74 Å². The molecule has 0 aliphatic heterocycles. The molecule has 3 nitrogen and oxygen atoms in total. The predicted molar refractivity (Wildman–Crippen MR) is 59.5 cm³/mol. The molecule has 3 heteroatoms. The summed E-state index contributed by atoms with van der Waals surface area (Å²) in [6, 6.07) is 0. The molecule has 0 aromatic heterocycles. The van der Waals surface area contributed by atoms with Crippen LogP contribution in [0.5, 0.6) is 0 Å². The zero-order valence-electron chi connectivity index (χ0n) is 10.6. The Bertz CT molecular complexity index is 252. The Hall–Kier alpha value is -0.860. The fourth-order valence-corrected chi connectivity index (χ4v) is 1.17. The van der Waals surface area contributed by atoms with E-state index in [1.807, 2.05) is 20.8 Å². The van der Waals surface area contributed by atoms with Crippen molar-refractivity contribution in [3.63, 3.8) is 0 Å². The Morgan fingerprint density at radius 1 is 1.13 bits per heavy atom. The zero-order valence-corrected chi connectivity index (χ0v) is 10.6. The summed E-state index contributed by atoms with van der Waals surface area (Å²) in [5.74, 6) is -0.210. The van der Waals surface area contributed by atoms with Gasteiger partial charge in [0.25, 0.3) is 0 Å². The lowest BCUT2D eigenvalue weighted by atomic mass is 9.90. The van der Waals surface area contributed by atoms with Gasteiger partial charge in [0, 0.05) is 6.42 Å². The third-order valence-electron chi connectivity index (χ3n) is 2.48. The maximum Gasteiger partial charge on any atom is 0.312 e. The van der Waals surface area contributed by atoms with E-state index in [1.54, 1.807) is 13.8 Å². The molecule has 0 amide bonds. The largest absolute Gasteiger partial charge is 0.459 e. The van der Waals surface area contributed by atoms with Crippen LogP contribution >= 0.6 is 0 Å². The molecule has 0 fully saturated rings. The van der Waals surface area contributed by atoms with Crippen LogP contribution in [-0.4, -0.2) is 17.4 Å². The van der Waals surface area contributed by atoms with Crippen molar-refractivity contribution in [3.8, 4) is 0 Å². The van der Waals surface area contributed by atoms with E-state index in [0.29, 0.717) is 0 Å². The second-order valence-electron chi connectivity index (χ2n) is 5.27. The first-order valence-corrected chi connectivity index (χ1v) is 5.33. The number of Topliss-reactive ketones (excluding diaryl/α,β-unsaturated/α-hetero) is 1. The number of carbonyl (C=O) groups excluding carboxylic acids is 2. The van der Waals surface area contributed by atoms with Gasteiger partial charge in [-0.15, -0.1) is 0 Å². The predicted octanol–water partition coefficient (Wildman–Crippen LogP) is 2.72. The molecule has 0 aromatic carbocycles. The normalized spacial score (nSPS) is 12.4. The van der Waals surface area contributed by atoms with Crippen LogP contribution in [0.3, 0.4) is 0 Å². The number of carbonyl (C=O) groups is 2. The quantitative estimate of drug-likeness (QED) is 0.661. The highest BCUT2D eigenvalue weighted by Gasteiger charge is 2.33. The van der Waals surface area contributed by atoms with Crippen LogP contribution in [0, 0.1) is 5.41 Å². The van der Waals surface area contributed by atoms with Gasteiger partial charge in [-0.1, -0.05) is 6.92 Å². The monoisotopic (exact) mass is 214 g/mol. The van der Waals surface area contributed by atoms with Gasteiger partial charge < -0.3 is 4.74 Å². The van der Waals surface area contributed by atoms with Gasteiger partial charge >= 0.3 is 5.97 Å². The van der Waals surface area contributed by atoms with E-state index in [9.17, 15) is 9.59 Å². The van der Waals surface area contributed by atoms with Gasteiger partial charge in [-0.05, 0) is 41.0 Å². The highest BCUT2D eigenvalue weighted by molar-refractivity contribution is 5.79. The molecule has 0 aromatic rings. The highest BCUT2D eigenvalue weighted by atomic mass is 16.6. The van der Waals surface area contributed by atoms with Crippen LogP contribution in [-0.2, 0) is 14.3 Å². The first-order chi connectivity index (χ1) is 6.60. The van der Waals surface area contributed by atoms with E-state index in [-0.39, 0.29) is 18.2 Å². The van der Waals surface area contributed by atoms with Gasteiger partial charge in [0.2, 0.25) is 0 Å². The average molecular weight is 214 g/mol. The summed E-state index contributed by atoms with van der Waals surface area (Å²) in [4.78, 5) is 22.7. The number of ketones is 1. The highest BCUT2D eigenvalue weighted by Crippen LogP contribution is 2.26. The molecule has 0 bridgehead atoms. The Balaban J connectivity index is 4.46. The molecule has 0 saturated heterocycles. The van der Waals surface area contributed by atoms with Crippen LogP contribution in [0.4, 0.5) is 0 Å². The SMILES string of the molecule is CCC(C)(C)C(=O)OC(C)(C)CC(C)=O. The molecule has 15 heavy (non-hydrogen) atoms. The molecule has 0 unspecified atom stereocenters. The third-order valence-corrected chi connectivity index (χ3v) is 2.48. The van der Waals surface area contributed by atoms with Crippen LogP contribution < -0.4 is 0 Å². The second-order valence-corrected chi connectivity index (χ2v) is 5.27. The number of hydrogen-bond donors (Lipinski definition) is 0. The second kappa shape index (κ2) is 4.77. The van der Waals surface area contributed by atoms with Crippen molar-refractivity contribution in [2.24, 2.45) is 5.41 Å². The molecule has 0 aliphatic rings. The van der Waals surface area contributed by atoms with E-state index in [2.05, 4.69) is 0 Å². The molecule has 0 saturated carbocycles. The summed E-state index contributed by atoms with van der Waals surface area (Å²) in [5.41, 5.74) is -1.18. The smallest absolute Gasteiger partial charge is 0.312 e. The third kappa shape index (κ3) is 4.96. The standard InChI is InChI=1S/C12H22O3/c1-7-11(3,4)10(14)15-12(5,6)8-9(2)13/h7-8H2,1-6H3. The molecule has 0 radical (unpaired) electrons. The van der Waals surface area contributed by atoms with Gasteiger partial charge in [0.05, 0.1) is 5.41 Å². The Morgan fingerprint density at radius 2 is 1.60 bits per heavy atom. The number of rotatable bonds is 5. The Kier molecular flexibility index (Phi) is 4.50. The summed E-state index contributed by atoms with van der Waals surface area (Å²) in [6.45, 7) is 10.7. The Labute approximate surface area is 92.2 Å². The summed E-state index contributed by atoms with van der Waals surface area (Å²) >= 11 is 0. The van der Waals surface area contributed by atoms with Crippen molar-refractivity contribution in [2.45, 2.75) is 60.0 Å². The lowest BCUT2D eigenvalue weighted by Gasteiger charge is -2.29. The Morgan fingerprint density at radius 3 is 1.93 bits per heavy atom. The maximum absolute atomic E-state index is 11.8. The minimum Gasteiger partial charge on any atom is -0.459 e. The molecule has 0 aliphatic carbocycles. The van der Waals surface area contributed by atoms with E-state index in [1.165, 1.54) is 6.92 Å². The zero-order chi connectivity index (χ0) is 12.3. The number of ether oxygens (including phenoxy) is 1. The van der Waals surface area contributed by atoms with E-state index >= 15 is 0 Å². The van der Waals surface area contributed by atoms with Crippen LogP contribution in [0.1, 0.15) is 54.4 Å². The lowest BCUT2D eigenvalue weighted by Crippen LogP contribution is -2.36. The van der Waals surface area contributed by atoms with Crippen molar-refractivity contribution in [2.75, 3.05) is 0 Å². The molecule has 88 valence electrons. The van der Waals surface area contributed by atoms with Crippen molar-refractivity contribution in [3.05, 3.63) is 0 Å². The molecule has 0 rings (SSSR count). The number of hydrogen-bond acceptors (Lipinski definition) is 3. The summed E-state index contributed by atoms with van der Waals surface area (Å²) in [6.07, 6.45) is 0.987. The van der Waals surface area contributed by atoms with Crippen LogP contribution in [0.2, 0.25) is 0 Å². The van der Waals surface area contributed by atoms with E-state index < -0.39 is 11.0 Å². The first kappa shape index (κ1) is 14.1. The van der Waals surface area contributed by atoms with Crippen LogP contribution in [0.25, 0.3) is 0 Å². The van der Waals surface area contributed by atoms with Gasteiger partial charge in [0.15, 0.2) is 0 Å². The average Bonchev–Trinajstić information content (AvgIpc) is 2.00. The van der Waals surface area contributed by atoms with Crippen molar-refractivity contribution in [1.29, 1.82) is 0 Å². The lowest BCUT2D eigenvalue weighted by molar-refractivity contribution is -0.168. The van der Waals surface area contributed by atoms with Gasteiger partial charge in [0.1, 0.15) is 11.4 Å². The molecule has 0 atom stereocenters. The molecular weight excluding hydrogens is 192 g/mol. The van der Waals surface area contributed by atoms with Crippen LogP contribution in [0.15, 0.2) is 0 Å². The fourth-order valence-electron chi connectivity index (χ4n) is 1.17. The topological polar surface area (TPSA) is 43.4 Å². The molecule has 0 spiro atoms. The summed E-state index contributed by atoms with van der Waals surface area (Å²) in [5, 5.41) is 0. The molecule has 0 N–H and O–H groups in total. The summed E-state index contributed by atoms with van der Waals surface area (Å²) in [7, 11) is 0. The minimum absolute atomic E-state index is 0.0297. The van der Waals surface area contributed by atoms with Gasteiger partial charge in [-0.3, -0.25) is 9.59 Å².